The zero-order valence-corrected chi connectivity index (χ0v) is 9.61. The third-order valence-corrected chi connectivity index (χ3v) is 7.75. The molecular formula is C9H22N2Si. The van der Waals surface area contributed by atoms with Crippen LogP contribution in [-0.2, 0) is 0 Å². The molecule has 0 aromatic heterocycles. The number of hydrogen-bond acceptors (Lipinski definition) is 2. The van der Waals surface area contributed by atoms with Crippen LogP contribution in [0.3, 0.4) is 0 Å². The van der Waals surface area contributed by atoms with Gasteiger partial charge in [-0.1, -0.05) is 32.1 Å². The lowest BCUT2D eigenvalue weighted by Crippen LogP contribution is -2.60. The fourth-order valence-corrected chi connectivity index (χ4v) is 4.84. The fourth-order valence-electron chi connectivity index (χ4n) is 2.21. The van der Waals surface area contributed by atoms with Crippen molar-refractivity contribution in [3.63, 3.8) is 0 Å². The highest BCUT2D eigenvalue weighted by atomic mass is 28.3. The van der Waals surface area contributed by atoms with Crippen LogP contribution in [-0.4, -0.2) is 22.5 Å². The number of hydrogen-bond donors (Lipinski definition) is 2. The summed E-state index contributed by atoms with van der Waals surface area (Å²) in [5, 5.41) is 0. The Bertz CT molecular complexity index is 128. The van der Waals surface area contributed by atoms with Gasteiger partial charge in [-0.25, -0.2) is 0 Å². The Hall–Kier alpha value is 0.137. The smallest absolute Gasteiger partial charge is 0.200 e. The van der Waals surface area contributed by atoms with E-state index < -0.39 is 8.40 Å². The van der Waals surface area contributed by atoms with E-state index in [0.29, 0.717) is 0 Å². The molecule has 0 heterocycles. The van der Waals surface area contributed by atoms with E-state index in [-0.39, 0.29) is 0 Å². The van der Waals surface area contributed by atoms with Gasteiger partial charge in [0.25, 0.3) is 0 Å². The summed E-state index contributed by atoms with van der Waals surface area (Å²) < 4.78 is 0. The van der Waals surface area contributed by atoms with Crippen molar-refractivity contribution in [1.29, 1.82) is 0 Å². The first-order chi connectivity index (χ1) is 5.73. The van der Waals surface area contributed by atoms with E-state index in [1.807, 2.05) is 0 Å². The van der Waals surface area contributed by atoms with Crippen molar-refractivity contribution < 1.29 is 0 Å². The summed E-state index contributed by atoms with van der Waals surface area (Å²) in [6, 6.07) is 0. The van der Waals surface area contributed by atoms with Gasteiger partial charge in [0.05, 0.1) is 0 Å². The second kappa shape index (κ2) is 4.39. The molecule has 0 aliphatic heterocycles. The van der Waals surface area contributed by atoms with Gasteiger partial charge in [-0.2, -0.15) is 0 Å². The van der Waals surface area contributed by atoms with E-state index in [2.05, 4.69) is 30.6 Å². The quantitative estimate of drug-likeness (QED) is 0.657. The lowest BCUT2D eigenvalue weighted by Gasteiger charge is -2.36. The van der Waals surface area contributed by atoms with E-state index in [1.54, 1.807) is 0 Å². The average Bonchev–Trinajstić information content (AvgIpc) is 2.18. The minimum Gasteiger partial charge on any atom is -0.328 e. The Morgan fingerprint density at radius 1 is 1.00 bits per heavy atom. The molecule has 1 fully saturated rings. The summed E-state index contributed by atoms with van der Waals surface area (Å²) >= 11 is 0. The standard InChI is InChI=1S/C9H22N2Si/c1-10-12(3,11-2)9-7-5-4-6-8-9/h9-11H,4-8H2,1-3H3. The van der Waals surface area contributed by atoms with Crippen LogP contribution in [0.5, 0.6) is 0 Å². The van der Waals surface area contributed by atoms with E-state index in [4.69, 9.17) is 0 Å². The molecule has 3 heteroatoms. The molecule has 0 amide bonds. The second-order valence-electron chi connectivity index (χ2n) is 4.04. The van der Waals surface area contributed by atoms with Gasteiger partial charge in [0.1, 0.15) is 0 Å². The molecule has 0 bridgehead atoms. The highest BCUT2D eigenvalue weighted by Gasteiger charge is 2.34. The van der Waals surface area contributed by atoms with E-state index in [1.165, 1.54) is 32.1 Å². The molecule has 0 spiro atoms. The maximum Gasteiger partial charge on any atom is 0.200 e. The molecule has 2 nitrogen and oxygen atoms in total. The Morgan fingerprint density at radius 3 is 1.92 bits per heavy atom. The Balaban J connectivity index is 2.51. The van der Waals surface area contributed by atoms with Crippen LogP contribution in [0, 0.1) is 0 Å². The van der Waals surface area contributed by atoms with Crippen LogP contribution < -0.4 is 9.96 Å². The summed E-state index contributed by atoms with van der Waals surface area (Å²) in [6.07, 6.45) is 7.20. The molecule has 2 N–H and O–H groups in total. The Kier molecular flexibility index (Phi) is 3.74. The van der Waals surface area contributed by atoms with Gasteiger partial charge in [0.15, 0.2) is 0 Å². The molecule has 1 aliphatic rings. The third kappa shape index (κ3) is 2.09. The van der Waals surface area contributed by atoms with Crippen LogP contribution >= 0.6 is 0 Å². The van der Waals surface area contributed by atoms with Crippen molar-refractivity contribution in [2.45, 2.75) is 44.2 Å². The molecule has 1 saturated carbocycles. The molecule has 0 saturated heterocycles. The van der Waals surface area contributed by atoms with Crippen molar-refractivity contribution >= 4 is 8.40 Å². The van der Waals surface area contributed by atoms with Crippen molar-refractivity contribution in [1.82, 2.24) is 9.96 Å². The summed E-state index contributed by atoms with van der Waals surface area (Å²) in [5.74, 6) is 0. The molecule has 0 unspecified atom stereocenters. The van der Waals surface area contributed by atoms with Crippen LogP contribution in [0.15, 0.2) is 0 Å². The predicted octanol–water partition coefficient (Wildman–Crippen LogP) is 1.83. The van der Waals surface area contributed by atoms with Crippen molar-refractivity contribution in [2.24, 2.45) is 0 Å². The molecular weight excluding hydrogens is 164 g/mol. The monoisotopic (exact) mass is 186 g/mol. The van der Waals surface area contributed by atoms with Gasteiger partial charge in [0.2, 0.25) is 8.40 Å². The lowest BCUT2D eigenvalue weighted by molar-refractivity contribution is 0.483. The number of nitrogens with one attached hydrogen (secondary N) is 2. The molecule has 0 aromatic rings. The SMILES string of the molecule is CN[Si](C)(NC)C1CCCCC1. The molecule has 0 aromatic carbocycles. The van der Waals surface area contributed by atoms with E-state index >= 15 is 0 Å². The molecule has 1 aliphatic carbocycles. The minimum absolute atomic E-state index is 0.946. The molecule has 1 rings (SSSR count). The first-order valence-corrected chi connectivity index (χ1v) is 7.68. The first-order valence-electron chi connectivity index (χ1n) is 5.11. The zero-order valence-electron chi connectivity index (χ0n) is 8.61. The lowest BCUT2D eigenvalue weighted by atomic mass is 10.0. The van der Waals surface area contributed by atoms with Crippen LogP contribution in [0.4, 0.5) is 0 Å². The molecule has 12 heavy (non-hydrogen) atoms. The Labute approximate surface area is 77.3 Å². The van der Waals surface area contributed by atoms with E-state index in [0.717, 1.165) is 5.54 Å². The van der Waals surface area contributed by atoms with Crippen molar-refractivity contribution in [3.8, 4) is 0 Å². The molecule has 0 atom stereocenters. The summed E-state index contributed by atoms with van der Waals surface area (Å²) in [7, 11) is 2.92. The first kappa shape index (κ1) is 10.2. The summed E-state index contributed by atoms with van der Waals surface area (Å²) in [6.45, 7) is 2.41. The van der Waals surface area contributed by atoms with Crippen LogP contribution in [0.1, 0.15) is 32.1 Å². The Morgan fingerprint density at radius 2 is 1.50 bits per heavy atom. The maximum absolute atomic E-state index is 3.53. The predicted molar refractivity (Wildman–Crippen MR) is 56.6 cm³/mol. The highest BCUT2D eigenvalue weighted by Crippen LogP contribution is 2.33. The van der Waals surface area contributed by atoms with Gasteiger partial charge in [0, 0.05) is 0 Å². The van der Waals surface area contributed by atoms with Gasteiger partial charge in [-0.05, 0) is 26.2 Å². The van der Waals surface area contributed by atoms with Crippen LogP contribution in [0.2, 0.25) is 12.1 Å². The van der Waals surface area contributed by atoms with Crippen molar-refractivity contribution in [2.75, 3.05) is 14.1 Å². The minimum atomic E-state index is -1.30. The molecule has 0 radical (unpaired) electrons. The third-order valence-electron chi connectivity index (χ3n) is 3.46. The number of rotatable bonds is 3. The normalized spacial score (nSPS) is 21.2. The molecule has 72 valence electrons. The fraction of sp³-hybridized carbons (Fsp3) is 1.00. The van der Waals surface area contributed by atoms with Gasteiger partial charge in [-0.3, -0.25) is 0 Å². The average molecular weight is 186 g/mol. The van der Waals surface area contributed by atoms with E-state index in [9.17, 15) is 0 Å². The zero-order chi connectivity index (χ0) is 9.03. The van der Waals surface area contributed by atoms with Gasteiger partial charge < -0.3 is 9.96 Å². The highest BCUT2D eigenvalue weighted by molar-refractivity contribution is 6.75. The van der Waals surface area contributed by atoms with Crippen LogP contribution in [0.25, 0.3) is 0 Å². The van der Waals surface area contributed by atoms with Gasteiger partial charge >= 0.3 is 0 Å². The summed E-state index contributed by atoms with van der Waals surface area (Å²) in [5.41, 5.74) is 0.946. The van der Waals surface area contributed by atoms with Gasteiger partial charge in [-0.15, -0.1) is 0 Å². The largest absolute Gasteiger partial charge is 0.328 e. The summed E-state index contributed by atoms with van der Waals surface area (Å²) in [4.78, 5) is 7.05. The second-order valence-corrected chi connectivity index (χ2v) is 8.26. The van der Waals surface area contributed by atoms with Crippen molar-refractivity contribution in [3.05, 3.63) is 0 Å². The maximum atomic E-state index is 3.53. The topological polar surface area (TPSA) is 24.1 Å².